The van der Waals surface area contributed by atoms with E-state index in [0.717, 1.165) is 62.8 Å². The van der Waals surface area contributed by atoms with E-state index in [4.69, 9.17) is 0 Å². The maximum absolute atomic E-state index is 12.4. The van der Waals surface area contributed by atoms with Crippen LogP contribution in [0.3, 0.4) is 0 Å². The SMILES string of the molecule is O=C(Cc1ccsc1)N1CCC(c2nnc3n2CCNC3)CC1. The predicted molar refractivity (Wildman–Crippen MR) is 88.3 cm³/mol. The maximum atomic E-state index is 12.4. The van der Waals surface area contributed by atoms with E-state index in [0.29, 0.717) is 12.3 Å². The smallest absolute Gasteiger partial charge is 0.227 e. The van der Waals surface area contributed by atoms with Gasteiger partial charge in [0.25, 0.3) is 0 Å². The number of hydrogen-bond donors (Lipinski definition) is 1. The topological polar surface area (TPSA) is 63.1 Å². The van der Waals surface area contributed by atoms with Crippen LogP contribution in [-0.2, 0) is 24.3 Å². The molecule has 2 aliphatic heterocycles. The fraction of sp³-hybridized carbons (Fsp3) is 0.562. The summed E-state index contributed by atoms with van der Waals surface area (Å²) in [6.07, 6.45) is 2.50. The van der Waals surface area contributed by atoms with Crippen LogP contribution >= 0.6 is 11.3 Å². The summed E-state index contributed by atoms with van der Waals surface area (Å²) in [5, 5.41) is 16.1. The average molecular weight is 331 g/mol. The Balaban J connectivity index is 1.37. The van der Waals surface area contributed by atoms with E-state index in [1.54, 1.807) is 11.3 Å². The zero-order valence-corrected chi connectivity index (χ0v) is 13.9. The van der Waals surface area contributed by atoms with Gasteiger partial charge in [-0.05, 0) is 35.2 Å². The number of nitrogens with one attached hydrogen (secondary N) is 1. The average Bonchev–Trinajstić information content (AvgIpc) is 3.24. The molecule has 7 heteroatoms. The molecule has 122 valence electrons. The Morgan fingerprint density at radius 1 is 1.30 bits per heavy atom. The van der Waals surface area contributed by atoms with Crippen molar-refractivity contribution in [3.63, 3.8) is 0 Å². The molecule has 4 rings (SSSR count). The van der Waals surface area contributed by atoms with Crippen LogP contribution in [0.4, 0.5) is 0 Å². The van der Waals surface area contributed by atoms with Crippen LogP contribution in [0.5, 0.6) is 0 Å². The van der Waals surface area contributed by atoms with Gasteiger partial charge in [-0.25, -0.2) is 0 Å². The molecule has 4 heterocycles. The van der Waals surface area contributed by atoms with Gasteiger partial charge in [0.2, 0.25) is 5.91 Å². The third-order valence-electron chi connectivity index (χ3n) is 4.80. The molecule has 0 unspecified atom stereocenters. The first-order valence-corrected chi connectivity index (χ1v) is 9.17. The molecule has 0 atom stereocenters. The second kappa shape index (κ2) is 6.41. The van der Waals surface area contributed by atoms with Crippen molar-refractivity contribution in [1.29, 1.82) is 0 Å². The van der Waals surface area contributed by atoms with E-state index in [9.17, 15) is 4.79 Å². The molecule has 1 saturated heterocycles. The van der Waals surface area contributed by atoms with Gasteiger partial charge in [0.1, 0.15) is 11.6 Å². The Hall–Kier alpha value is -1.73. The van der Waals surface area contributed by atoms with Crippen LogP contribution in [0, 0.1) is 0 Å². The molecule has 23 heavy (non-hydrogen) atoms. The highest BCUT2D eigenvalue weighted by Gasteiger charge is 2.28. The van der Waals surface area contributed by atoms with Crippen molar-refractivity contribution in [2.75, 3.05) is 19.6 Å². The van der Waals surface area contributed by atoms with Crippen LogP contribution in [-0.4, -0.2) is 45.2 Å². The van der Waals surface area contributed by atoms with E-state index in [-0.39, 0.29) is 5.91 Å². The molecule has 1 N–H and O–H groups in total. The monoisotopic (exact) mass is 331 g/mol. The predicted octanol–water partition coefficient (Wildman–Crippen LogP) is 1.39. The van der Waals surface area contributed by atoms with Gasteiger partial charge in [0, 0.05) is 32.1 Å². The standard InChI is InChI=1S/C16H21N5OS/c22-15(9-12-3-8-23-11-12)20-5-1-13(2-6-20)16-19-18-14-10-17-4-7-21(14)16/h3,8,11,13,17H,1-2,4-7,9-10H2. The summed E-state index contributed by atoms with van der Waals surface area (Å²) >= 11 is 1.65. The largest absolute Gasteiger partial charge is 0.342 e. The van der Waals surface area contributed by atoms with Gasteiger partial charge in [-0.1, -0.05) is 0 Å². The van der Waals surface area contributed by atoms with E-state index in [2.05, 4.69) is 25.5 Å². The summed E-state index contributed by atoms with van der Waals surface area (Å²) in [6.45, 7) is 4.40. The van der Waals surface area contributed by atoms with Crippen LogP contribution in [0.25, 0.3) is 0 Å². The molecule has 2 aromatic heterocycles. The number of rotatable bonds is 3. The minimum Gasteiger partial charge on any atom is -0.342 e. The molecule has 0 aromatic carbocycles. The summed E-state index contributed by atoms with van der Waals surface area (Å²) < 4.78 is 2.27. The Labute approximate surface area is 139 Å². The van der Waals surface area contributed by atoms with Crippen molar-refractivity contribution >= 4 is 17.2 Å². The number of likely N-dealkylation sites (tertiary alicyclic amines) is 1. The zero-order chi connectivity index (χ0) is 15.6. The number of amides is 1. The quantitative estimate of drug-likeness (QED) is 0.923. The number of piperidine rings is 1. The molecule has 0 spiro atoms. The van der Waals surface area contributed by atoms with Crippen molar-refractivity contribution < 1.29 is 4.79 Å². The van der Waals surface area contributed by atoms with Gasteiger partial charge in [0.05, 0.1) is 13.0 Å². The van der Waals surface area contributed by atoms with Crippen LogP contribution in [0.15, 0.2) is 16.8 Å². The normalized spacial score (nSPS) is 18.9. The first-order chi connectivity index (χ1) is 11.3. The highest BCUT2D eigenvalue weighted by atomic mass is 32.1. The van der Waals surface area contributed by atoms with Crippen LogP contribution in [0.1, 0.15) is 36.0 Å². The number of hydrogen-bond acceptors (Lipinski definition) is 5. The fourth-order valence-corrected chi connectivity index (χ4v) is 4.15. The number of carbonyl (C=O) groups is 1. The summed E-state index contributed by atoms with van der Waals surface area (Å²) in [4.78, 5) is 14.4. The lowest BCUT2D eigenvalue weighted by Gasteiger charge is -2.32. The lowest BCUT2D eigenvalue weighted by molar-refractivity contribution is -0.131. The molecule has 0 bridgehead atoms. The van der Waals surface area contributed by atoms with Gasteiger partial charge >= 0.3 is 0 Å². The molecule has 1 fully saturated rings. The number of thiophene rings is 1. The number of aromatic nitrogens is 3. The third-order valence-corrected chi connectivity index (χ3v) is 5.53. The molecular formula is C16H21N5OS. The molecule has 2 aromatic rings. The molecule has 0 saturated carbocycles. The fourth-order valence-electron chi connectivity index (χ4n) is 3.48. The Morgan fingerprint density at radius 3 is 2.96 bits per heavy atom. The van der Waals surface area contributed by atoms with Gasteiger partial charge in [-0.15, -0.1) is 10.2 Å². The molecule has 6 nitrogen and oxygen atoms in total. The third kappa shape index (κ3) is 3.03. The molecule has 1 amide bonds. The summed E-state index contributed by atoms with van der Waals surface area (Å²) in [7, 11) is 0. The summed E-state index contributed by atoms with van der Waals surface area (Å²) in [5.41, 5.74) is 1.13. The first kappa shape index (κ1) is 14.8. The summed E-state index contributed by atoms with van der Waals surface area (Å²) in [6, 6.07) is 2.03. The minimum atomic E-state index is 0.245. The molecular weight excluding hydrogens is 310 g/mol. The van der Waals surface area contributed by atoms with E-state index in [1.165, 1.54) is 0 Å². The lowest BCUT2D eigenvalue weighted by Crippen LogP contribution is -2.39. The molecule has 2 aliphatic rings. The second-order valence-electron chi connectivity index (χ2n) is 6.27. The number of carbonyl (C=O) groups excluding carboxylic acids is 1. The highest BCUT2D eigenvalue weighted by molar-refractivity contribution is 7.07. The highest BCUT2D eigenvalue weighted by Crippen LogP contribution is 2.28. The molecule has 0 aliphatic carbocycles. The van der Waals surface area contributed by atoms with E-state index < -0.39 is 0 Å². The Kier molecular flexibility index (Phi) is 4.13. The first-order valence-electron chi connectivity index (χ1n) is 8.23. The summed E-state index contributed by atoms with van der Waals surface area (Å²) in [5.74, 6) is 2.84. The molecule has 0 radical (unpaired) electrons. The number of fused-ring (bicyclic) bond motifs is 1. The Bertz CT molecular complexity index is 673. The van der Waals surface area contributed by atoms with Gasteiger partial charge in [0.15, 0.2) is 0 Å². The van der Waals surface area contributed by atoms with E-state index in [1.807, 2.05) is 16.3 Å². The van der Waals surface area contributed by atoms with Crippen molar-refractivity contribution in [2.24, 2.45) is 0 Å². The van der Waals surface area contributed by atoms with Crippen LogP contribution in [0.2, 0.25) is 0 Å². The lowest BCUT2D eigenvalue weighted by atomic mass is 9.95. The second-order valence-corrected chi connectivity index (χ2v) is 7.05. The van der Waals surface area contributed by atoms with Crippen LogP contribution < -0.4 is 5.32 Å². The zero-order valence-electron chi connectivity index (χ0n) is 13.1. The maximum Gasteiger partial charge on any atom is 0.227 e. The van der Waals surface area contributed by atoms with Crippen molar-refractivity contribution in [3.05, 3.63) is 34.0 Å². The minimum absolute atomic E-state index is 0.245. The van der Waals surface area contributed by atoms with Crippen molar-refractivity contribution in [2.45, 2.75) is 38.3 Å². The Morgan fingerprint density at radius 2 is 2.17 bits per heavy atom. The van der Waals surface area contributed by atoms with Crippen molar-refractivity contribution in [3.8, 4) is 0 Å². The van der Waals surface area contributed by atoms with Gasteiger partial charge in [-0.2, -0.15) is 11.3 Å². The van der Waals surface area contributed by atoms with Gasteiger partial charge in [-0.3, -0.25) is 4.79 Å². The van der Waals surface area contributed by atoms with Gasteiger partial charge < -0.3 is 14.8 Å². The number of nitrogens with zero attached hydrogens (tertiary/aromatic N) is 4. The van der Waals surface area contributed by atoms with E-state index >= 15 is 0 Å². The van der Waals surface area contributed by atoms with Crippen molar-refractivity contribution in [1.82, 2.24) is 25.0 Å².